The monoisotopic (exact) mass is 550 g/mol. The summed E-state index contributed by atoms with van der Waals surface area (Å²) in [5.74, 6) is 0.169. The highest BCUT2D eigenvalue weighted by molar-refractivity contribution is 7.91. The Hall–Kier alpha value is -3.47. The van der Waals surface area contributed by atoms with Crippen LogP contribution in [-0.4, -0.2) is 40.6 Å². The van der Waals surface area contributed by atoms with Gasteiger partial charge in [-0.25, -0.2) is 9.52 Å². The van der Waals surface area contributed by atoms with E-state index < -0.39 is 28.2 Å². The Morgan fingerprint density at radius 3 is 2.17 bits per heavy atom. The number of hydrogen-bond acceptors (Lipinski definition) is 5. The minimum absolute atomic E-state index is 0.0592. The Labute approximate surface area is 219 Å². The summed E-state index contributed by atoms with van der Waals surface area (Å²) in [6, 6.07) is 17.7. The zero-order valence-electron chi connectivity index (χ0n) is 19.4. The first-order chi connectivity index (χ1) is 17.1. The molecule has 0 aliphatic rings. The minimum atomic E-state index is -4.36. The molecule has 1 atom stereocenters. The summed E-state index contributed by atoms with van der Waals surface area (Å²) in [5, 5.41) is 2.88. The summed E-state index contributed by atoms with van der Waals surface area (Å²) in [6.07, 6.45) is 0.130. The van der Waals surface area contributed by atoms with E-state index in [-0.39, 0.29) is 22.2 Å². The number of methoxy groups -OCH3 is 1. The lowest BCUT2D eigenvalue weighted by atomic mass is 10.0. The predicted molar refractivity (Wildman–Crippen MR) is 141 cm³/mol. The number of ether oxygens (including phenoxy) is 1. The molecular formula is C24H24Cl2N4O5S. The Bertz CT molecular complexity index is 1300. The van der Waals surface area contributed by atoms with Gasteiger partial charge in [0.2, 0.25) is 5.91 Å². The van der Waals surface area contributed by atoms with Gasteiger partial charge in [-0.15, -0.1) is 0 Å². The molecule has 3 aromatic rings. The molecule has 3 rings (SSSR count). The van der Waals surface area contributed by atoms with E-state index in [2.05, 4.69) is 10.0 Å². The number of carbonyl (C=O) groups excluding carboxylic acids is 2. The largest absolute Gasteiger partial charge is 0.497 e. The molecule has 0 bridgehead atoms. The highest BCUT2D eigenvalue weighted by Crippen LogP contribution is 2.23. The van der Waals surface area contributed by atoms with Crippen LogP contribution in [0.25, 0.3) is 0 Å². The molecule has 0 radical (unpaired) electrons. The molecule has 3 aromatic carbocycles. The maximum Gasteiger partial charge on any atom is 0.330 e. The third kappa shape index (κ3) is 7.77. The maximum atomic E-state index is 13.3. The lowest BCUT2D eigenvalue weighted by Crippen LogP contribution is -2.53. The van der Waals surface area contributed by atoms with Gasteiger partial charge in [-0.05, 0) is 48.0 Å². The van der Waals surface area contributed by atoms with Gasteiger partial charge < -0.3 is 15.0 Å². The molecule has 190 valence electrons. The van der Waals surface area contributed by atoms with Gasteiger partial charge in [0.15, 0.2) is 0 Å². The van der Waals surface area contributed by atoms with Crippen molar-refractivity contribution in [1.29, 1.82) is 0 Å². The van der Waals surface area contributed by atoms with Crippen molar-refractivity contribution in [3.8, 4) is 5.75 Å². The molecule has 0 unspecified atom stereocenters. The molecule has 0 spiro atoms. The summed E-state index contributed by atoms with van der Waals surface area (Å²) < 4.78 is 34.1. The van der Waals surface area contributed by atoms with Crippen molar-refractivity contribution in [1.82, 2.24) is 10.0 Å². The SMILES string of the molecule is COc1ccc(N(C)C(=O)[C@H](Cc2ccccc2)NC(=O)NS(=O)(=O)Nc2cc(Cl)cc(Cl)c2)cc1. The second kappa shape index (κ2) is 12.0. The molecule has 0 aromatic heterocycles. The lowest BCUT2D eigenvalue weighted by molar-refractivity contribution is -0.120. The number of carbonyl (C=O) groups is 2. The van der Waals surface area contributed by atoms with E-state index in [9.17, 15) is 18.0 Å². The Kier molecular flexibility index (Phi) is 9.03. The Morgan fingerprint density at radius 2 is 1.58 bits per heavy atom. The summed E-state index contributed by atoms with van der Waals surface area (Å²) in [5.41, 5.74) is 1.39. The molecule has 0 fully saturated rings. The average molecular weight is 551 g/mol. The van der Waals surface area contributed by atoms with Crippen LogP contribution >= 0.6 is 23.2 Å². The van der Waals surface area contributed by atoms with Crippen LogP contribution in [0.15, 0.2) is 72.8 Å². The number of halogens is 2. The van der Waals surface area contributed by atoms with Crippen molar-refractivity contribution in [2.45, 2.75) is 12.5 Å². The molecule has 36 heavy (non-hydrogen) atoms. The first-order valence-electron chi connectivity index (χ1n) is 10.6. The van der Waals surface area contributed by atoms with Crippen molar-refractivity contribution in [3.05, 3.63) is 88.4 Å². The normalized spacial score (nSPS) is 11.8. The number of likely N-dealkylation sites (N-methyl/N-ethyl adjacent to an activating group) is 1. The van der Waals surface area contributed by atoms with Gasteiger partial charge in [0, 0.05) is 29.2 Å². The average Bonchev–Trinajstić information content (AvgIpc) is 2.82. The third-order valence-corrected chi connectivity index (χ3v) is 6.41. The number of hydrogen-bond donors (Lipinski definition) is 3. The maximum absolute atomic E-state index is 13.3. The molecule has 3 N–H and O–H groups in total. The first kappa shape index (κ1) is 27.1. The van der Waals surface area contributed by atoms with E-state index in [4.69, 9.17) is 27.9 Å². The van der Waals surface area contributed by atoms with Crippen LogP contribution in [0.3, 0.4) is 0 Å². The van der Waals surface area contributed by atoms with E-state index >= 15 is 0 Å². The molecule has 0 aliphatic heterocycles. The number of rotatable bonds is 9. The van der Waals surface area contributed by atoms with Crippen molar-refractivity contribution in [2.75, 3.05) is 23.8 Å². The number of urea groups is 1. The molecule has 0 aliphatic carbocycles. The second-order valence-electron chi connectivity index (χ2n) is 7.68. The van der Waals surface area contributed by atoms with Crippen LogP contribution in [0, 0.1) is 0 Å². The Balaban J connectivity index is 1.76. The highest BCUT2D eigenvalue weighted by Gasteiger charge is 2.27. The zero-order valence-corrected chi connectivity index (χ0v) is 21.7. The fourth-order valence-electron chi connectivity index (χ4n) is 3.32. The number of benzene rings is 3. The smallest absolute Gasteiger partial charge is 0.330 e. The third-order valence-electron chi connectivity index (χ3n) is 5.02. The van der Waals surface area contributed by atoms with Gasteiger partial charge in [0.25, 0.3) is 0 Å². The number of anilines is 2. The number of nitrogens with zero attached hydrogens (tertiary/aromatic N) is 1. The molecular weight excluding hydrogens is 527 g/mol. The van der Waals surface area contributed by atoms with E-state index in [1.165, 1.54) is 30.2 Å². The predicted octanol–water partition coefficient (Wildman–Crippen LogP) is 4.23. The zero-order chi connectivity index (χ0) is 26.3. The van der Waals surface area contributed by atoms with Gasteiger partial charge in [0.05, 0.1) is 12.8 Å². The van der Waals surface area contributed by atoms with Gasteiger partial charge >= 0.3 is 16.2 Å². The van der Waals surface area contributed by atoms with Crippen LogP contribution < -0.4 is 24.4 Å². The van der Waals surface area contributed by atoms with Crippen LogP contribution in [0.4, 0.5) is 16.2 Å². The summed E-state index contributed by atoms with van der Waals surface area (Å²) in [6.45, 7) is 0. The fraction of sp³-hybridized carbons (Fsp3) is 0.167. The summed E-state index contributed by atoms with van der Waals surface area (Å²) in [4.78, 5) is 27.3. The van der Waals surface area contributed by atoms with E-state index in [0.29, 0.717) is 11.4 Å². The van der Waals surface area contributed by atoms with Crippen molar-refractivity contribution >= 4 is 56.7 Å². The van der Waals surface area contributed by atoms with Crippen molar-refractivity contribution in [3.63, 3.8) is 0 Å². The molecule has 9 nitrogen and oxygen atoms in total. The highest BCUT2D eigenvalue weighted by atomic mass is 35.5. The molecule has 0 saturated heterocycles. The van der Waals surface area contributed by atoms with Gasteiger partial charge in [-0.1, -0.05) is 53.5 Å². The molecule has 12 heteroatoms. The quantitative estimate of drug-likeness (QED) is 0.368. The van der Waals surface area contributed by atoms with E-state index in [0.717, 1.165) is 5.56 Å². The van der Waals surface area contributed by atoms with Crippen molar-refractivity contribution < 1.29 is 22.7 Å². The number of nitrogens with one attached hydrogen (secondary N) is 3. The molecule has 0 heterocycles. The lowest BCUT2D eigenvalue weighted by Gasteiger charge is -2.25. The van der Waals surface area contributed by atoms with Crippen LogP contribution in [-0.2, 0) is 21.4 Å². The summed E-state index contributed by atoms with van der Waals surface area (Å²) >= 11 is 11.8. The van der Waals surface area contributed by atoms with Gasteiger partial charge in [-0.2, -0.15) is 8.42 Å². The topological polar surface area (TPSA) is 117 Å². The van der Waals surface area contributed by atoms with Crippen LogP contribution in [0.2, 0.25) is 10.0 Å². The van der Waals surface area contributed by atoms with Crippen LogP contribution in [0.5, 0.6) is 5.75 Å². The fourth-order valence-corrected chi connectivity index (χ4v) is 4.63. The summed E-state index contributed by atoms with van der Waals surface area (Å²) in [7, 11) is -1.27. The molecule has 3 amide bonds. The first-order valence-corrected chi connectivity index (χ1v) is 12.8. The Morgan fingerprint density at radius 1 is 0.972 bits per heavy atom. The number of amides is 3. The van der Waals surface area contributed by atoms with E-state index in [1.807, 2.05) is 10.8 Å². The molecule has 0 saturated carbocycles. The van der Waals surface area contributed by atoms with E-state index in [1.54, 1.807) is 55.6 Å². The second-order valence-corrected chi connectivity index (χ2v) is 9.96. The minimum Gasteiger partial charge on any atom is -0.497 e. The van der Waals surface area contributed by atoms with Gasteiger partial charge in [0.1, 0.15) is 11.8 Å². The van der Waals surface area contributed by atoms with Crippen LogP contribution in [0.1, 0.15) is 5.56 Å². The standard InChI is InChI=1S/C24H24Cl2N4O5S/c1-30(20-8-10-21(35-2)11-9-20)23(31)22(12-16-6-4-3-5-7-16)27-24(32)29-36(33,34)28-19-14-17(25)13-18(26)15-19/h3-11,13-15,22,28H,12H2,1-2H3,(H2,27,29,32)/t22-/m0/s1. The van der Waals surface area contributed by atoms with Crippen molar-refractivity contribution in [2.24, 2.45) is 0 Å². The van der Waals surface area contributed by atoms with Gasteiger partial charge in [-0.3, -0.25) is 9.52 Å².